The van der Waals surface area contributed by atoms with E-state index < -0.39 is 0 Å². The molecule has 5 heteroatoms. The van der Waals surface area contributed by atoms with Gasteiger partial charge in [-0.3, -0.25) is 4.79 Å². The van der Waals surface area contributed by atoms with Crippen molar-refractivity contribution in [2.75, 3.05) is 36.5 Å². The largest absolute Gasteiger partial charge is 0.378 e. The van der Waals surface area contributed by atoms with Crippen molar-refractivity contribution < 1.29 is 9.53 Å². The summed E-state index contributed by atoms with van der Waals surface area (Å²) in [5.41, 5.74) is 1.35. The van der Waals surface area contributed by atoms with Gasteiger partial charge in [-0.25, -0.2) is 4.98 Å². The number of rotatable bonds is 3. The van der Waals surface area contributed by atoms with Gasteiger partial charge in [0.1, 0.15) is 5.82 Å². The average molecular weight is 333 g/mol. The van der Waals surface area contributed by atoms with Crippen LogP contribution in [0.3, 0.4) is 0 Å². The van der Waals surface area contributed by atoms with Crippen LogP contribution in [0.1, 0.15) is 10.4 Å². The van der Waals surface area contributed by atoms with E-state index in [2.05, 4.69) is 15.2 Å². The first-order chi connectivity index (χ1) is 12.3. The Labute approximate surface area is 146 Å². The van der Waals surface area contributed by atoms with Crippen LogP contribution in [0.2, 0.25) is 0 Å². The second-order valence-electron chi connectivity index (χ2n) is 5.99. The van der Waals surface area contributed by atoms with Gasteiger partial charge in [0, 0.05) is 18.7 Å². The van der Waals surface area contributed by atoms with Gasteiger partial charge < -0.3 is 15.0 Å². The van der Waals surface area contributed by atoms with E-state index in [0.717, 1.165) is 42.9 Å². The SMILES string of the molecule is O=C(Nc1ccc(N2CCOCC2)nc1)c1cccc2ccccc12. The van der Waals surface area contributed by atoms with Crippen molar-refractivity contribution in [3.05, 3.63) is 66.4 Å². The van der Waals surface area contributed by atoms with Crippen LogP contribution in [0.5, 0.6) is 0 Å². The number of hydrogen-bond donors (Lipinski definition) is 1. The zero-order chi connectivity index (χ0) is 17.1. The highest BCUT2D eigenvalue weighted by molar-refractivity contribution is 6.12. The molecule has 25 heavy (non-hydrogen) atoms. The molecule has 1 aliphatic heterocycles. The Morgan fingerprint density at radius 3 is 2.60 bits per heavy atom. The zero-order valence-corrected chi connectivity index (χ0v) is 13.8. The summed E-state index contributed by atoms with van der Waals surface area (Å²) >= 11 is 0. The number of benzene rings is 2. The van der Waals surface area contributed by atoms with Crippen LogP contribution in [-0.4, -0.2) is 37.2 Å². The highest BCUT2D eigenvalue weighted by atomic mass is 16.5. The maximum atomic E-state index is 12.6. The van der Waals surface area contributed by atoms with E-state index in [1.54, 1.807) is 6.20 Å². The summed E-state index contributed by atoms with van der Waals surface area (Å²) in [5, 5.41) is 4.93. The lowest BCUT2D eigenvalue weighted by molar-refractivity contribution is 0.102. The summed E-state index contributed by atoms with van der Waals surface area (Å²) in [6.07, 6.45) is 1.70. The Kier molecular flexibility index (Phi) is 4.31. The molecular weight excluding hydrogens is 314 g/mol. The molecule has 2 heterocycles. The second kappa shape index (κ2) is 6.91. The molecule has 1 saturated heterocycles. The lowest BCUT2D eigenvalue weighted by atomic mass is 10.0. The minimum Gasteiger partial charge on any atom is -0.378 e. The first kappa shape index (κ1) is 15.6. The monoisotopic (exact) mass is 333 g/mol. The average Bonchev–Trinajstić information content (AvgIpc) is 2.69. The normalized spacial score (nSPS) is 14.5. The number of nitrogens with zero attached hydrogens (tertiary/aromatic N) is 2. The number of amides is 1. The van der Waals surface area contributed by atoms with Gasteiger partial charge in [-0.2, -0.15) is 0 Å². The Hall–Kier alpha value is -2.92. The molecule has 1 fully saturated rings. The summed E-state index contributed by atoms with van der Waals surface area (Å²) in [4.78, 5) is 19.3. The minimum atomic E-state index is -0.127. The molecule has 0 spiro atoms. The van der Waals surface area contributed by atoms with Crippen LogP contribution < -0.4 is 10.2 Å². The predicted octanol–water partition coefficient (Wildman–Crippen LogP) is 3.32. The first-order valence-electron chi connectivity index (χ1n) is 8.39. The molecule has 0 aliphatic carbocycles. The molecule has 1 aliphatic rings. The van der Waals surface area contributed by atoms with Gasteiger partial charge in [-0.1, -0.05) is 36.4 Å². The topological polar surface area (TPSA) is 54.5 Å². The third-order valence-electron chi connectivity index (χ3n) is 4.38. The summed E-state index contributed by atoms with van der Waals surface area (Å²) in [5.74, 6) is 0.782. The fourth-order valence-electron chi connectivity index (χ4n) is 3.06. The summed E-state index contributed by atoms with van der Waals surface area (Å²) in [6.45, 7) is 3.13. The summed E-state index contributed by atoms with van der Waals surface area (Å²) in [6, 6.07) is 17.4. The number of morpholine rings is 1. The lowest BCUT2D eigenvalue weighted by Gasteiger charge is -2.27. The zero-order valence-electron chi connectivity index (χ0n) is 13.8. The van der Waals surface area contributed by atoms with E-state index in [9.17, 15) is 4.79 Å². The fourth-order valence-corrected chi connectivity index (χ4v) is 3.06. The highest BCUT2D eigenvalue weighted by Crippen LogP contribution is 2.20. The molecule has 5 nitrogen and oxygen atoms in total. The predicted molar refractivity (Wildman–Crippen MR) is 99.2 cm³/mol. The molecule has 0 saturated carbocycles. The molecule has 0 radical (unpaired) electrons. The van der Waals surface area contributed by atoms with Crippen LogP contribution in [-0.2, 0) is 4.74 Å². The molecule has 1 amide bonds. The standard InChI is InChI=1S/C20H19N3O2/c24-20(18-7-3-5-15-4-1-2-6-17(15)18)22-16-8-9-19(21-14-16)23-10-12-25-13-11-23/h1-9,14H,10-13H2,(H,22,24). The summed E-state index contributed by atoms with van der Waals surface area (Å²) < 4.78 is 5.36. The van der Waals surface area contributed by atoms with Crippen LogP contribution in [0, 0.1) is 0 Å². The quantitative estimate of drug-likeness (QED) is 0.799. The maximum Gasteiger partial charge on any atom is 0.256 e. The van der Waals surface area contributed by atoms with Crippen LogP contribution in [0.25, 0.3) is 10.8 Å². The van der Waals surface area contributed by atoms with Crippen molar-refractivity contribution in [3.8, 4) is 0 Å². The molecule has 0 atom stereocenters. The van der Waals surface area contributed by atoms with E-state index in [0.29, 0.717) is 11.3 Å². The number of fused-ring (bicyclic) bond motifs is 1. The third-order valence-corrected chi connectivity index (χ3v) is 4.38. The van der Waals surface area contributed by atoms with Crippen molar-refractivity contribution in [3.63, 3.8) is 0 Å². The van der Waals surface area contributed by atoms with Gasteiger partial charge in [0.15, 0.2) is 0 Å². The van der Waals surface area contributed by atoms with E-state index in [4.69, 9.17) is 4.74 Å². The first-order valence-corrected chi connectivity index (χ1v) is 8.39. The Morgan fingerprint density at radius 1 is 1.00 bits per heavy atom. The molecule has 3 aromatic rings. The molecule has 126 valence electrons. The van der Waals surface area contributed by atoms with Gasteiger partial charge >= 0.3 is 0 Å². The Balaban J connectivity index is 1.52. The van der Waals surface area contributed by atoms with Crippen molar-refractivity contribution in [1.82, 2.24) is 4.98 Å². The van der Waals surface area contributed by atoms with Crippen molar-refractivity contribution >= 4 is 28.2 Å². The number of nitrogens with one attached hydrogen (secondary N) is 1. The number of carbonyl (C=O) groups excluding carboxylic acids is 1. The number of pyridine rings is 1. The van der Waals surface area contributed by atoms with Crippen LogP contribution in [0.4, 0.5) is 11.5 Å². The minimum absolute atomic E-state index is 0.127. The third kappa shape index (κ3) is 3.32. The smallest absolute Gasteiger partial charge is 0.256 e. The van der Waals surface area contributed by atoms with Crippen molar-refractivity contribution in [1.29, 1.82) is 0 Å². The molecular formula is C20H19N3O2. The van der Waals surface area contributed by atoms with Gasteiger partial charge in [0.2, 0.25) is 0 Å². The number of anilines is 2. The van der Waals surface area contributed by atoms with Gasteiger partial charge in [-0.15, -0.1) is 0 Å². The van der Waals surface area contributed by atoms with Crippen LogP contribution >= 0.6 is 0 Å². The van der Waals surface area contributed by atoms with Crippen molar-refractivity contribution in [2.45, 2.75) is 0 Å². The molecule has 4 rings (SSSR count). The number of ether oxygens (including phenoxy) is 1. The van der Waals surface area contributed by atoms with E-state index >= 15 is 0 Å². The Morgan fingerprint density at radius 2 is 1.80 bits per heavy atom. The molecule has 0 bridgehead atoms. The van der Waals surface area contributed by atoms with E-state index in [1.165, 1.54) is 0 Å². The van der Waals surface area contributed by atoms with Gasteiger partial charge in [-0.05, 0) is 29.0 Å². The molecule has 1 aromatic heterocycles. The number of aromatic nitrogens is 1. The lowest BCUT2D eigenvalue weighted by Crippen LogP contribution is -2.36. The molecule has 1 N–H and O–H groups in total. The Bertz CT molecular complexity index is 882. The maximum absolute atomic E-state index is 12.6. The van der Waals surface area contributed by atoms with Crippen molar-refractivity contribution in [2.24, 2.45) is 0 Å². The van der Waals surface area contributed by atoms with Gasteiger partial charge in [0.25, 0.3) is 5.91 Å². The number of carbonyl (C=O) groups is 1. The molecule has 0 unspecified atom stereocenters. The van der Waals surface area contributed by atoms with Gasteiger partial charge in [0.05, 0.1) is 25.1 Å². The van der Waals surface area contributed by atoms with E-state index in [-0.39, 0.29) is 5.91 Å². The molecule has 2 aromatic carbocycles. The second-order valence-corrected chi connectivity index (χ2v) is 5.99. The number of hydrogen-bond acceptors (Lipinski definition) is 4. The summed E-state index contributed by atoms with van der Waals surface area (Å²) in [7, 11) is 0. The van der Waals surface area contributed by atoms with E-state index in [1.807, 2.05) is 54.6 Å². The fraction of sp³-hybridized carbons (Fsp3) is 0.200. The van der Waals surface area contributed by atoms with Crippen LogP contribution in [0.15, 0.2) is 60.8 Å². The highest BCUT2D eigenvalue weighted by Gasteiger charge is 2.13.